The smallest absolute Gasteiger partial charge is 0.00914 e. The van der Waals surface area contributed by atoms with Crippen LogP contribution in [0.2, 0.25) is 0 Å². The van der Waals surface area contributed by atoms with Crippen LogP contribution in [0.25, 0.3) is 0 Å². The minimum absolute atomic E-state index is 0.420. The molecule has 0 aliphatic heterocycles. The number of hydrogen-bond acceptors (Lipinski definition) is 1. The molecule has 11 heavy (non-hydrogen) atoms. The van der Waals surface area contributed by atoms with Gasteiger partial charge in [-0.05, 0) is 32.4 Å². The largest absolute Gasteiger partial charge is 0.306 e. The fraction of sp³-hybridized carbons (Fsp3) is 1.00. The highest BCUT2D eigenvalue weighted by molar-refractivity contribution is 4.78. The van der Waals surface area contributed by atoms with Gasteiger partial charge in [-0.1, -0.05) is 27.7 Å². The normalized spacial score (nSPS) is 18.5. The average Bonchev–Trinajstić information content (AvgIpc) is 1.82. The quantitative estimate of drug-likeness (QED) is 0.595. The molecule has 0 radical (unpaired) electrons. The maximum absolute atomic E-state index is 2.32. The fourth-order valence-corrected chi connectivity index (χ4v) is 1.17. The van der Waals surface area contributed by atoms with E-state index >= 15 is 0 Å². The summed E-state index contributed by atoms with van der Waals surface area (Å²) in [4.78, 5) is 2.29. The Morgan fingerprint density at radius 3 is 1.45 bits per heavy atom. The SMILES string of the molecule is CC(C(C)C(C)(C)C)N(C)C. The maximum Gasteiger partial charge on any atom is 0.00914 e. The van der Waals surface area contributed by atoms with Gasteiger partial charge in [0.05, 0.1) is 0 Å². The van der Waals surface area contributed by atoms with Crippen LogP contribution in [0.4, 0.5) is 0 Å². The van der Waals surface area contributed by atoms with Crippen LogP contribution in [-0.4, -0.2) is 25.0 Å². The summed E-state index contributed by atoms with van der Waals surface area (Å²) in [6.45, 7) is 11.5. The summed E-state index contributed by atoms with van der Waals surface area (Å²) in [6, 6.07) is 0.662. The number of hydrogen-bond donors (Lipinski definition) is 0. The zero-order chi connectivity index (χ0) is 9.23. The Morgan fingerprint density at radius 1 is 1.00 bits per heavy atom. The van der Waals surface area contributed by atoms with Crippen molar-refractivity contribution >= 4 is 0 Å². The molecule has 0 aliphatic rings. The van der Waals surface area contributed by atoms with Crippen molar-refractivity contribution < 1.29 is 0 Å². The lowest BCUT2D eigenvalue weighted by Gasteiger charge is -2.36. The molecule has 1 heteroatoms. The molecule has 0 saturated carbocycles. The van der Waals surface area contributed by atoms with E-state index in [9.17, 15) is 0 Å². The Morgan fingerprint density at radius 2 is 1.36 bits per heavy atom. The molecule has 2 atom stereocenters. The van der Waals surface area contributed by atoms with Crippen LogP contribution in [0.5, 0.6) is 0 Å². The number of rotatable bonds is 2. The van der Waals surface area contributed by atoms with Crippen LogP contribution in [0, 0.1) is 11.3 Å². The Labute approximate surface area is 71.8 Å². The summed E-state index contributed by atoms with van der Waals surface area (Å²) >= 11 is 0. The minimum atomic E-state index is 0.420. The van der Waals surface area contributed by atoms with E-state index in [4.69, 9.17) is 0 Å². The molecule has 0 N–H and O–H groups in total. The van der Waals surface area contributed by atoms with E-state index < -0.39 is 0 Å². The first-order chi connectivity index (χ1) is 4.76. The highest BCUT2D eigenvalue weighted by Gasteiger charge is 2.26. The topological polar surface area (TPSA) is 3.24 Å². The molecule has 0 fully saturated rings. The summed E-state index contributed by atoms with van der Waals surface area (Å²) in [7, 11) is 4.29. The van der Waals surface area contributed by atoms with Gasteiger partial charge >= 0.3 is 0 Å². The predicted molar refractivity (Wildman–Crippen MR) is 51.8 cm³/mol. The second-order valence-corrected chi connectivity index (χ2v) is 4.86. The van der Waals surface area contributed by atoms with Crippen LogP contribution in [-0.2, 0) is 0 Å². The van der Waals surface area contributed by atoms with Crippen LogP contribution in [0.3, 0.4) is 0 Å². The molecular formula is C10H23N. The van der Waals surface area contributed by atoms with Crippen LogP contribution < -0.4 is 0 Å². The molecule has 0 aromatic carbocycles. The third-order valence-electron chi connectivity index (χ3n) is 2.90. The van der Waals surface area contributed by atoms with Gasteiger partial charge in [0.25, 0.3) is 0 Å². The summed E-state index contributed by atoms with van der Waals surface area (Å²) in [5, 5.41) is 0. The Hall–Kier alpha value is -0.0400. The van der Waals surface area contributed by atoms with Crippen molar-refractivity contribution in [2.24, 2.45) is 11.3 Å². The van der Waals surface area contributed by atoms with E-state index in [1.165, 1.54) is 0 Å². The minimum Gasteiger partial charge on any atom is -0.306 e. The lowest BCUT2D eigenvalue weighted by molar-refractivity contribution is 0.137. The Bertz CT molecular complexity index is 111. The molecule has 2 unspecified atom stereocenters. The van der Waals surface area contributed by atoms with Crippen LogP contribution >= 0.6 is 0 Å². The molecule has 0 aromatic rings. The van der Waals surface area contributed by atoms with Gasteiger partial charge in [0.15, 0.2) is 0 Å². The maximum atomic E-state index is 2.32. The lowest BCUT2D eigenvalue weighted by atomic mass is 9.78. The molecule has 0 spiro atoms. The average molecular weight is 157 g/mol. The zero-order valence-corrected chi connectivity index (χ0v) is 9.10. The molecule has 1 nitrogen and oxygen atoms in total. The Balaban J connectivity index is 4.13. The van der Waals surface area contributed by atoms with Gasteiger partial charge < -0.3 is 4.90 Å². The van der Waals surface area contributed by atoms with E-state index in [1.807, 2.05) is 0 Å². The molecule has 0 aromatic heterocycles. The predicted octanol–water partition coefficient (Wildman–Crippen LogP) is 2.62. The van der Waals surface area contributed by atoms with Crippen molar-refractivity contribution in [1.29, 1.82) is 0 Å². The summed E-state index contributed by atoms with van der Waals surface area (Å²) in [5.74, 6) is 0.734. The van der Waals surface area contributed by atoms with Crippen molar-refractivity contribution in [2.45, 2.75) is 40.7 Å². The molecule has 0 bridgehead atoms. The van der Waals surface area contributed by atoms with Gasteiger partial charge in [0.2, 0.25) is 0 Å². The summed E-state index contributed by atoms with van der Waals surface area (Å²) in [6.07, 6.45) is 0. The first kappa shape index (κ1) is 11.0. The first-order valence-corrected chi connectivity index (χ1v) is 4.43. The highest BCUT2D eigenvalue weighted by atomic mass is 15.1. The van der Waals surface area contributed by atoms with E-state index in [-0.39, 0.29) is 0 Å². The first-order valence-electron chi connectivity index (χ1n) is 4.43. The highest BCUT2D eigenvalue weighted by Crippen LogP contribution is 2.29. The molecule has 68 valence electrons. The molecule has 0 heterocycles. The zero-order valence-electron chi connectivity index (χ0n) is 9.10. The Kier molecular flexibility index (Phi) is 3.56. The standard InChI is InChI=1S/C10H23N/c1-8(10(3,4)5)9(2)11(6)7/h8-9H,1-7H3. The third-order valence-corrected chi connectivity index (χ3v) is 2.90. The van der Waals surface area contributed by atoms with Crippen LogP contribution in [0.15, 0.2) is 0 Å². The van der Waals surface area contributed by atoms with Crippen LogP contribution in [0.1, 0.15) is 34.6 Å². The third kappa shape index (κ3) is 3.24. The molecular weight excluding hydrogens is 134 g/mol. The molecule has 0 saturated heterocycles. The second kappa shape index (κ2) is 3.57. The van der Waals surface area contributed by atoms with Crippen molar-refractivity contribution in [3.63, 3.8) is 0 Å². The van der Waals surface area contributed by atoms with Crippen molar-refractivity contribution in [3.05, 3.63) is 0 Å². The van der Waals surface area contributed by atoms with E-state index in [1.54, 1.807) is 0 Å². The van der Waals surface area contributed by atoms with Gasteiger partial charge in [-0.3, -0.25) is 0 Å². The fourth-order valence-electron chi connectivity index (χ4n) is 1.17. The van der Waals surface area contributed by atoms with Gasteiger partial charge in [-0.2, -0.15) is 0 Å². The van der Waals surface area contributed by atoms with Gasteiger partial charge in [-0.15, -0.1) is 0 Å². The monoisotopic (exact) mass is 157 g/mol. The summed E-state index contributed by atoms with van der Waals surface area (Å²) in [5.41, 5.74) is 0.420. The second-order valence-electron chi connectivity index (χ2n) is 4.86. The molecule has 0 rings (SSSR count). The van der Waals surface area contributed by atoms with E-state index in [0.29, 0.717) is 11.5 Å². The molecule has 0 amide bonds. The number of nitrogens with zero attached hydrogens (tertiary/aromatic N) is 1. The van der Waals surface area contributed by atoms with Gasteiger partial charge in [-0.25, -0.2) is 0 Å². The van der Waals surface area contributed by atoms with Crippen molar-refractivity contribution in [2.75, 3.05) is 14.1 Å². The van der Waals surface area contributed by atoms with Crippen molar-refractivity contribution in [1.82, 2.24) is 4.90 Å². The summed E-state index contributed by atoms with van der Waals surface area (Å²) < 4.78 is 0. The van der Waals surface area contributed by atoms with Crippen molar-refractivity contribution in [3.8, 4) is 0 Å². The van der Waals surface area contributed by atoms with Gasteiger partial charge in [0.1, 0.15) is 0 Å². The van der Waals surface area contributed by atoms with Gasteiger partial charge in [0, 0.05) is 6.04 Å². The van der Waals surface area contributed by atoms with E-state index in [0.717, 1.165) is 5.92 Å². The molecule has 0 aliphatic carbocycles. The lowest BCUT2D eigenvalue weighted by Crippen LogP contribution is -2.37. The van der Waals surface area contributed by atoms with E-state index in [2.05, 4.69) is 53.6 Å².